The van der Waals surface area contributed by atoms with Crippen molar-refractivity contribution in [3.05, 3.63) is 51.9 Å². The number of hydrogen-bond donors (Lipinski definition) is 0. The first-order chi connectivity index (χ1) is 9.17. The van der Waals surface area contributed by atoms with E-state index in [1.54, 1.807) is 6.26 Å². The lowest BCUT2D eigenvalue weighted by atomic mass is 10.0. The molecule has 2 aromatic rings. The Balaban J connectivity index is 2.42. The molecular formula is C15H16Br2O2. The quantitative estimate of drug-likeness (QED) is 0.633. The van der Waals surface area contributed by atoms with Gasteiger partial charge in [-0.2, -0.15) is 0 Å². The molecule has 1 atom stereocenters. The molecule has 102 valence electrons. The third-order valence-electron chi connectivity index (χ3n) is 2.92. The largest absolute Gasteiger partial charge is 0.494 e. The van der Waals surface area contributed by atoms with Crippen molar-refractivity contribution in [1.82, 2.24) is 0 Å². The SMILES string of the molecule is CCOc1ccc(Br)cc1C(Br)c1ccoc1CC. The number of rotatable bonds is 5. The second-order valence-corrected chi connectivity index (χ2v) is 5.96. The minimum atomic E-state index is 0.0697. The van der Waals surface area contributed by atoms with Gasteiger partial charge in [0, 0.05) is 22.0 Å². The third-order valence-corrected chi connectivity index (χ3v) is 4.40. The summed E-state index contributed by atoms with van der Waals surface area (Å²) in [4.78, 5) is 0.0697. The molecule has 0 bridgehead atoms. The molecule has 1 heterocycles. The molecule has 0 radical (unpaired) electrons. The maximum absolute atomic E-state index is 5.70. The van der Waals surface area contributed by atoms with Crippen molar-refractivity contribution in [3.63, 3.8) is 0 Å². The van der Waals surface area contributed by atoms with Gasteiger partial charge in [-0.25, -0.2) is 0 Å². The molecule has 2 nitrogen and oxygen atoms in total. The number of furan rings is 1. The molecule has 1 aromatic carbocycles. The van der Waals surface area contributed by atoms with E-state index in [-0.39, 0.29) is 4.83 Å². The molecule has 0 spiro atoms. The highest BCUT2D eigenvalue weighted by atomic mass is 79.9. The molecule has 2 rings (SSSR count). The van der Waals surface area contributed by atoms with Crippen molar-refractivity contribution in [2.45, 2.75) is 25.1 Å². The summed E-state index contributed by atoms with van der Waals surface area (Å²) in [6.07, 6.45) is 2.61. The Morgan fingerprint density at radius 1 is 1.21 bits per heavy atom. The van der Waals surface area contributed by atoms with E-state index in [1.807, 2.05) is 25.1 Å². The second kappa shape index (κ2) is 6.62. The van der Waals surface area contributed by atoms with Crippen LogP contribution in [-0.4, -0.2) is 6.61 Å². The van der Waals surface area contributed by atoms with Gasteiger partial charge in [0.2, 0.25) is 0 Å². The lowest BCUT2D eigenvalue weighted by Crippen LogP contribution is -2.01. The zero-order chi connectivity index (χ0) is 13.8. The highest BCUT2D eigenvalue weighted by molar-refractivity contribution is 9.10. The molecule has 0 aliphatic carbocycles. The molecule has 0 N–H and O–H groups in total. The van der Waals surface area contributed by atoms with Crippen LogP contribution in [0.5, 0.6) is 5.75 Å². The maximum Gasteiger partial charge on any atom is 0.124 e. The molecule has 19 heavy (non-hydrogen) atoms. The number of ether oxygens (including phenoxy) is 1. The highest BCUT2D eigenvalue weighted by Gasteiger charge is 2.20. The zero-order valence-electron chi connectivity index (χ0n) is 11.0. The van der Waals surface area contributed by atoms with E-state index in [0.29, 0.717) is 6.61 Å². The second-order valence-electron chi connectivity index (χ2n) is 4.13. The molecule has 0 saturated carbocycles. The number of halogens is 2. The molecule has 0 aliphatic heterocycles. The normalized spacial score (nSPS) is 12.4. The molecular weight excluding hydrogens is 372 g/mol. The number of benzene rings is 1. The van der Waals surface area contributed by atoms with Crippen LogP contribution in [0.1, 0.15) is 35.6 Å². The van der Waals surface area contributed by atoms with Crippen LogP contribution in [0.25, 0.3) is 0 Å². The fourth-order valence-electron chi connectivity index (χ4n) is 2.04. The van der Waals surface area contributed by atoms with Crippen LogP contribution in [0, 0.1) is 0 Å². The van der Waals surface area contributed by atoms with Crippen molar-refractivity contribution < 1.29 is 9.15 Å². The molecule has 0 fully saturated rings. The fourth-order valence-corrected chi connectivity index (χ4v) is 3.18. The van der Waals surface area contributed by atoms with Gasteiger partial charge in [0.1, 0.15) is 11.5 Å². The predicted octanol–water partition coefficient (Wildman–Crippen LogP) is 5.49. The van der Waals surface area contributed by atoms with Crippen LogP contribution in [0.4, 0.5) is 0 Å². The minimum Gasteiger partial charge on any atom is -0.494 e. The Morgan fingerprint density at radius 3 is 2.68 bits per heavy atom. The molecule has 0 aliphatic rings. The summed E-state index contributed by atoms with van der Waals surface area (Å²) in [5, 5.41) is 0. The number of aryl methyl sites for hydroxylation is 1. The van der Waals surface area contributed by atoms with Crippen molar-refractivity contribution in [1.29, 1.82) is 0 Å². The summed E-state index contributed by atoms with van der Waals surface area (Å²) in [5.41, 5.74) is 2.26. The van der Waals surface area contributed by atoms with E-state index in [9.17, 15) is 0 Å². The monoisotopic (exact) mass is 386 g/mol. The Kier molecular flexibility index (Phi) is 5.11. The summed E-state index contributed by atoms with van der Waals surface area (Å²) in [7, 11) is 0. The van der Waals surface area contributed by atoms with Crippen molar-refractivity contribution in [3.8, 4) is 5.75 Å². The van der Waals surface area contributed by atoms with Gasteiger partial charge in [-0.1, -0.05) is 38.8 Å². The summed E-state index contributed by atoms with van der Waals surface area (Å²) in [5.74, 6) is 1.90. The smallest absolute Gasteiger partial charge is 0.124 e. The van der Waals surface area contributed by atoms with Crippen LogP contribution in [0.15, 0.2) is 39.4 Å². The zero-order valence-corrected chi connectivity index (χ0v) is 14.1. The molecule has 1 aromatic heterocycles. The van der Waals surface area contributed by atoms with Gasteiger partial charge in [-0.3, -0.25) is 0 Å². The first-order valence-corrected chi connectivity index (χ1v) is 8.00. The van der Waals surface area contributed by atoms with Crippen LogP contribution in [0.3, 0.4) is 0 Å². The summed E-state index contributed by atoms with van der Waals surface area (Å²) in [6.45, 7) is 4.73. The Labute approximate surface area is 130 Å². The third kappa shape index (κ3) is 3.23. The van der Waals surface area contributed by atoms with E-state index in [1.165, 1.54) is 0 Å². The van der Waals surface area contributed by atoms with Crippen molar-refractivity contribution in [2.75, 3.05) is 6.61 Å². The van der Waals surface area contributed by atoms with E-state index in [4.69, 9.17) is 9.15 Å². The standard InChI is InChI=1S/C15H16Br2O2/c1-3-13-11(7-8-19-13)15(17)12-9-10(16)5-6-14(12)18-4-2/h5-9,15H,3-4H2,1-2H3. The van der Waals surface area contributed by atoms with Crippen LogP contribution in [0.2, 0.25) is 0 Å². The van der Waals surface area contributed by atoms with Gasteiger partial charge in [0.05, 0.1) is 17.7 Å². The van der Waals surface area contributed by atoms with Gasteiger partial charge in [-0.05, 0) is 31.2 Å². The topological polar surface area (TPSA) is 22.4 Å². The average molecular weight is 388 g/mol. The van der Waals surface area contributed by atoms with Gasteiger partial charge in [-0.15, -0.1) is 0 Å². The van der Waals surface area contributed by atoms with Crippen LogP contribution in [-0.2, 0) is 6.42 Å². The number of alkyl halides is 1. The first kappa shape index (κ1) is 14.7. The van der Waals surface area contributed by atoms with E-state index in [0.717, 1.165) is 33.5 Å². The highest BCUT2D eigenvalue weighted by Crippen LogP contribution is 2.39. The summed E-state index contributed by atoms with van der Waals surface area (Å²) < 4.78 is 12.2. The Morgan fingerprint density at radius 2 is 2.00 bits per heavy atom. The van der Waals surface area contributed by atoms with Crippen molar-refractivity contribution >= 4 is 31.9 Å². The molecule has 0 amide bonds. The number of hydrogen-bond acceptors (Lipinski definition) is 2. The lowest BCUT2D eigenvalue weighted by Gasteiger charge is -2.16. The fraction of sp³-hybridized carbons (Fsp3) is 0.333. The Hall–Kier alpha value is -0.740. The van der Waals surface area contributed by atoms with Gasteiger partial charge < -0.3 is 9.15 Å². The molecule has 0 saturated heterocycles. The maximum atomic E-state index is 5.70. The van der Waals surface area contributed by atoms with E-state index >= 15 is 0 Å². The van der Waals surface area contributed by atoms with Gasteiger partial charge in [0.25, 0.3) is 0 Å². The molecule has 1 unspecified atom stereocenters. The summed E-state index contributed by atoms with van der Waals surface area (Å²) >= 11 is 7.27. The van der Waals surface area contributed by atoms with Crippen LogP contribution < -0.4 is 4.74 Å². The molecule has 4 heteroatoms. The van der Waals surface area contributed by atoms with Gasteiger partial charge in [0.15, 0.2) is 0 Å². The minimum absolute atomic E-state index is 0.0697. The van der Waals surface area contributed by atoms with E-state index < -0.39 is 0 Å². The Bertz CT molecular complexity index is 549. The van der Waals surface area contributed by atoms with E-state index in [2.05, 4.69) is 44.8 Å². The lowest BCUT2D eigenvalue weighted by molar-refractivity contribution is 0.337. The summed E-state index contributed by atoms with van der Waals surface area (Å²) in [6, 6.07) is 8.07. The first-order valence-electron chi connectivity index (χ1n) is 6.29. The van der Waals surface area contributed by atoms with Gasteiger partial charge >= 0.3 is 0 Å². The average Bonchev–Trinajstić information content (AvgIpc) is 2.88. The van der Waals surface area contributed by atoms with Crippen molar-refractivity contribution in [2.24, 2.45) is 0 Å². The van der Waals surface area contributed by atoms with Crippen LogP contribution >= 0.6 is 31.9 Å². The predicted molar refractivity (Wildman–Crippen MR) is 84.2 cm³/mol.